The summed E-state index contributed by atoms with van der Waals surface area (Å²) in [6.45, 7) is -0.468. The van der Waals surface area contributed by atoms with E-state index in [0.29, 0.717) is 0 Å². The van der Waals surface area contributed by atoms with E-state index in [0.717, 1.165) is 6.20 Å². The van der Waals surface area contributed by atoms with E-state index in [2.05, 4.69) is 10.6 Å². The molecule has 0 bridgehead atoms. The number of rotatable bonds is 6. The maximum absolute atomic E-state index is 11.8. The van der Waals surface area contributed by atoms with Gasteiger partial charge in [0.2, 0.25) is 0 Å². The molecular formula is C12H10N4O5. The van der Waals surface area contributed by atoms with Crippen LogP contribution in [0.3, 0.4) is 0 Å². The Bertz CT molecular complexity index is 647. The van der Waals surface area contributed by atoms with Crippen LogP contribution < -0.4 is 10.6 Å². The number of carbonyl (C=O) groups excluding carboxylic acids is 1. The second-order valence-corrected chi connectivity index (χ2v) is 3.67. The van der Waals surface area contributed by atoms with Gasteiger partial charge in [-0.05, 0) is 6.07 Å². The first-order valence-electron chi connectivity index (χ1n) is 5.56. The maximum atomic E-state index is 11.8. The van der Waals surface area contributed by atoms with E-state index in [4.69, 9.17) is 10.4 Å². The Hall–Kier alpha value is -3.41. The van der Waals surface area contributed by atoms with Crippen molar-refractivity contribution in [3.63, 3.8) is 0 Å². The van der Waals surface area contributed by atoms with Crippen molar-refractivity contribution in [2.24, 2.45) is 0 Å². The van der Waals surface area contributed by atoms with Crippen molar-refractivity contribution in [1.29, 1.82) is 5.26 Å². The molecule has 0 aliphatic heterocycles. The first kappa shape index (κ1) is 15.6. The van der Waals surface area contributed by atoms with Crippen LogP contribution in [0.1, 0.15) is 0 Å². The second-order valence-electron chi connectivity index (χ2n) is 3.67. The Balaban J connectivity index is 2.87. The average molecular weight is 290 g/mol. The van der Waals surface area contributed by atoms with Gasteiger partial charge in [-0.1, -0.05) is 12.1 Å². The summed E-state index contributed by atoms with van der Waals surface area (Å²) in [4.78, 5) is 32.2. The number of hydrogen-bond acceptors (Lipinski definition) is 6. The highest BCUT2D eigenvalue weighted by Gasteiger charge is 2.17. The van der Waals surface area contributed by atoms with Gasteiger partial charge >= 0.3 is 5.97 Å². The molecule has 0 saturated heterocycles. The van der Waals surface area contributed by atoms with Crippen LogP contribution in [0.5, 0.6) is 0 Å². The number of para-hydroxylation sites is 2. The molecule has 21 heavy (non-hydrogen) atoms. The van der Waals surface area contributed by atoms with Gasteiger partial charge in [-0.2, -0.15) is 5.26 Å². The van der Waals surface area contributed by atoms with Crippen LogP contribution in [-0.2, 0) is 9.59 Å². The number of nitriles is 1. The van der Waals surface area contributed by atoms with Gasteiger partial charge in [0.05, 0.1) is 4.92 Å². The first-order valence-corrected chi connectivity index (χ1v) is 5.56. The van der Waals surface area contributed by atoms with Gasteiger partial charge in [0, 0.05) is 12.3 Å². The number of hydrogen-bond donors (Lipinski definition) is 3. The predicted octanol–water partition coefficient (Wildman–Crippen LogP) is 0.615. The molecule has 1 rings (SSSR count). The zero-order chi connectivity index (χ0) is 15.8. The topological polar surface area (TPSA) is 145 Å². The highest BCUT2D eigenvalue weighted by atomic mass is 16.6. The minimum absolute atomic E-state index is 0.0631. The fourth-order valence-corrected chi connectivity index (χ4v) is 1.32. The standard InChI is InChI=1S/C12H10N4O5/c13-5-8(6-14-7-11(17)18)12(19)15-9-3-1-2-4-10(9)16(20)21/h1-4,6,14H,7H2,(H,15,19)(H,17,18)/b8-6-. The Labute approximate surface area is 118 Å². The molecular weight excluding hydrogens is 280 g/mol. The molecule has 3 N–H and O–H groups in total. The van der Waals surface area contributed by atoms with Crippen LogP contribution in [0.25, 0.3) is 0 Å². The average Bonchev–Trinajstić information content (AvgIpc) is 2.43. The number of nitrogens with zero attached hydrogens (tertiary/aromatic N) is 2. The number of carboxylic acid groups (broad SMARTS) is 1. The summed E-state index contributed by atoms with van der Waals surface area (Å²) in [5.41, 5.74) is -0.789. The van der Waals surface area contributed by atoms with Crippen molar-refractivity contribution in [3.8, 4) is 6.07 Å². The van der Waals surface area contributed by atoms with Gasteiger partial charge in [0.15, 0.2) is 0 Å². The van der Waals surface area contributed by atoms with Gasteiger partial charge in [0.25, 0.3) is 11.6 Å². The summed E-state index contributed by atoms with van der Waals surface area (Å²) >= 11 is 0. The number of carbonyl (C=O) groups is 2. The van der Waals surface area contributed by atoms with Crippen LogP contribution in [0.4, 0.5) is 11.4 Å². The highest BCUT2D eigenvalue weighted by Crippen LogP contribution is 2.23. The summed E-state index contributed by atoms with van der Waals surface area (Å²) in [5, 5.41) is 32.5. The molecule has 0 heterocycles. The molecule has 108 valence electrons. The van der Waals surface area contributed by atoms with Crippen LogP contribution in [0, 0.1) is 21.4 Å². The molecule has 0 aliphatic carbocycles. The second kappa shape index (κ2) is 7.25. The monoisotopic (exact) mass is 290 g/mol. The highest BCUT2D eigenvalue weighted by molar-refractivity contribution is 6.07. The fraction of sp³-hybridized carbons (Fsp3) is 0.0833. The van der Waals surface area contributed by atoms with E-state index in [9.17, 15) is 19.7 Å². The number of nitro benzene ring substituents is 1. The van der Waals surface area contributed by atoms with Gasteiger partial charge in [0.1, 0.15) is 23.9 Å². The number of nitrogens with one attached hydrogen (secondary N) is 2. The predicted molar refractivity (Wildman–Crippen MR) is 71.1 cm³/mol. The summed E-state index contributed by atoms with van der Waals surface area (Å²) in [7, 11) is 0. The summed E-state index contributed by atoms with van der Waals surface area (Å²) in [6, 6.07) is 7.01. The summed E-state index contributed by atoms with van der Waals surface area (Å²) < 4.78 is 0. The molecule has 1 amide bonds. The number of anilines is 1. The minimum Gasteiger partial charge on any atom is -0.480 e. The Morgan fingerprint density at radius 3 is 2.67 bits per heavy atom. The van der Waals surface area contributed by atoms with E-state index >= 15 is 0 Å². The third-order valence-electron chi connectivity index (χ3n) is 2.21. The van der Waals surface area contributed by atoms with Crippen LogP contribution in [0.15, 0.2) is 36.0 Å². The van der Waals surface area contributed by atoms with Crippen molar-refractivity contribution in [2.45, 2.75) is 0 Å². The van der Waals surface area contributed by atoms with Crippen molar-refractivity contribution in [3.05, 3.63) is 46.2 Å². The zero-order valence-electron chi connectivity index (χ0n) is 10.6. The van der Waals surface area contributed by atoms with Crippen molar-refractivity contribution in [1.82, 2.24) is 5.32 Å². The molecule has 0 atom stereocenters. The van der Waals surface area contributed by atoms with Crippen molar-refractivity contribution >= 4 is 23.3 Å². The van der Waals surface area contributed by atoms with Crippen LogP contribution in [-0.4, -0.2) is 28.5 Å². The van der Waals surface area contributed by atoms with Gasteiger partial charge < -0.3 is 15.7 Å². The largest absolute Gasteiger partial charge is 0.480 e. The van der Waals surface area contributed by atoms with E-state index in [1.807, 2.05) is 0 Å². The number of benzene rings is 1. The molecule has 1 aromatic carbocycles. The Kier molecular flexibility index (Phi) is 5.40. The van der Waals surface area contributed by atoms with E-state index in [1.54, 1.807) is 6.07 Å². The van der Waals surface area contributed by atoms with E-state index in [-0.39, 0.29) is 11.4 Å². The fourth-order valence-electron chi connectivity index (χ4n) is 1.32. The minimum atomic E-state index is -1.16. The molecule has 0 fully saturated rings. The molecule has 0 unspecified atom stereocenters. The number of amides is 1. The summed E-state index contributed by atoms with van der Waals surface area (Å²) in [6.07, 6.45) is 0.929. The number of carboxylic acids is 1. The quantitative estimate of drug-likeness (QED) is 0.301. The van der Waals surface area contributed by atoms with Gasteiger partial charge in [-0.3, -0.25) is 19.7 Å². The molecule has 0 saturated carbocycles. The molecule has 0 radical (unpaired) electrons. The number of nitro groups is 1. The lowest BCUT2D eigenvalue weighted by Gasteiger charge is -2.05. The van der Waals surface area contributed by atoms with E-state index < -0.39 is 28.9 Å². The Morgan fingerprint density at radius 2 is 2.10 bits per heavy atom. The lowest BCUT2D eigenvalue weighted by atomic mass is 10.2. The van der Waals surface area contributed by atoms with E-state index in [1.165, 1.54) is 24.3 Å². The van der Waals surface area contributed by atoms with Gasteiger partial charge in [-0.25, -0.2) is 0 Å². The molecule has 0 spiro atoms. The maximum Gasteiger partial charge on any atom is 0.322 e. The number of aliphatic carboxylic acids is 1. The van der Waals surface area contributed by atoms with Crippen LogP contribution in [0.2, 0.25) is 0 Å². The normalized spacial score (nSPS) is 10.3. The lowest BCUT2D eigenvalue weighted by Crippen LogP contribution is -2.21. The van der Waals surface area contributed by atoms with Crippen molar-refractivity contribution in [2.75, 3.05) is 11.9 Å². The zero-order valence-corrected chi connectivity index (χ0v) is 10.6. The molecule has 9 nitrogen and oxygen atoms in total. The van der Waals surface area contributed by atoms with Crippen molar-refractivity contribution < 1.29 is 19.6 Å². The molecule has 1 aromatic rings. The molecule has 0 aliphatic rings. The molecule has 0 aromatic heterocycles. The first-order chi connectivity index (χ1) is 9.95. The van der Waals surface area contributed by atoms with Gasteiger partial charge in [-0.15, -0.1) is 0 Å². The smallest absolute Gasteiger partial charge is 0.322 e. The Morgan fingerprint density at radius 1 is 1.43 bits per heavy atom. The third kappa shape index (κ3) is 4.64. The van der Waals surface area contributed by atoms with Crippen LogP contribution >= 0.6 is 0 Å². The SMILES string of the molecule is N#C/C(=C/NCC(=O)O)C(=O)Nc1ccccc1[N+](=O)[O-]. The lowest BCUT2D eigenvalue weighted by molar-refractivity contribution is -0.383. The third-order valence-corrected chi connectivity index (χ3v) is 2.21. The summed E-state index contributed by atoms with van der Waals surface area (Å²) in [5.74, 6) is -2.05. The molecule has 9 heteroatoms.